The predicted molar refractivity (Wildman–Crippen MR) is 118 cm³/mol. The lowest BCUT2D eigenvalue weighted by molar-refractivity contribution is -0.384. The summed E-state index contributed by atoms with van der Waals surface area (Å²) in [6.45, 7) is 4.86. The van der Waals surface area contributed by atoms with Crippen LogP contribution < -0.4 is 5.32 Å². The molecule has 31 heavy (non-hydrogen) atoms. The molecule has 3 aromatic rings. The van der Waals surface area contributed by atoms with Crippen molar-refractivity contribution >= 4 is 32.4 Å². The Morgan fingerprint density at radius 2 is 1.87 bits per heavy atom. The first-order valence-corrected chi connectivity index (χ1v) is 11.7. The summed E-state index contributed by atoms with van der Waals surface area (Å²) in [6.07, 6.45) is 1.60. The molecular formula is C21H25N5O4S. The van der Waals surface area contributed by atoms with Gasteiger partial charge in [0.2, 0.25) is 10.0 Å². The van der Waals surface area contributed by atoms with Crippen molar-refractivity contribution in [3.8, 4) is 0 Å². The highest BCUT2D eigenvalue weighted by Gasteiger charge is 2.30. The summed E-state index contributed by atoms with van der Waals surface area (Å²) in [5.74, 6) is 0.729. The van der Waals surface area contributed by atoms with Crippen molar-refractivity contribution in [3.05, 3.63) is 58.4 Å². The Morgan fingerprint density at radius 3 is 2.52 bits per heavy atom. The van der Waals surface area contributed by atoms with Crippen molar-refractivity contribution in [1.82, 2.24) is 14.3 Å². The number of benzene rings is 2. The molecular weight excluding hydrogens is 418 g/mol. The number of nitro groups is 1. The maximum atomic E-state index is 12.8. The van der Waals surface area contributed by atoms with Gasteiger partial charge >= 0.3 is 0 Å². The molecule has 4 rings (SSSR count). The number of hydrogen-bond donors (Lipinski definition) is 2. The molecule has 2 N–H and O–H groups in total. The van der Waals surface area contributed by atoms with Gasteiger partial charge in [-0.2, -0.15) is 4.31 Å². The Labute approximate surface area is 180 Å². The van der Waals surface area contributed by atoms with Gasteiger partial charge in [-0.3, -0.25) is 10.1 Å². The van der Waals surface area contributed by atoms with Crippen LogP contribution in [0.5, 0.6) is 0 Å². The van der Waals surface area contributed by atoms with Gasteiger partial charge in [0.15, 0.2) is 0 Å². The molecule has 0 radical (unpaired) electrons. The number of nitro benzene ring substituents is 1. The third-order valence-corrected chi connectivity index (χ3v) is 7.44. The van der Waals surface area contributed by atoms with Crippen molar-refractivity contribution in [2.24, 2.45) is 5.92 Å². The number of aromatic nitrogens is 2. The number of fused-ring (bicyclic) bond motifs is 1. The van der Waals surface area contributed by atoms with Gasteiger partial charge < -0.3 is 10.3 Å². The zero-order valence-corrected chi connectivity index (χ0v) is 18.2. The highest BCUT2D eigenvalue weighted by atomic mass is 32.2. The number of sulfonamides is 1. The summed E-state index contributed by atoms with van der Waals surface area (Å²) in [4.78, 5) is 19.1. The van der Waals surface area contributed by atoms with E-state index in [-0.39, 0.29) is 28.2 Å². The zero-order chi connectivity index (χ0) is 22.2. The molecule has 0 bridgehead atoms. The molecule has 0 saturated carbocycles. The summed E-state index contributed by atoms with van der Waals surface area (Å²) in [7, 11) is -3.74. The Hall–Kier alpha value is -2.98. The minimum absolute atomic E-state index is 0.0588. The Bertz CT molecular complexity index is 1180. The Kier molecular flexibility index (Phi) is 5.67. The molecule has 2 heterocycles. The molecule has 0 amide bonds. The quantitative estimate of drug-likeness (QED) is 0.419. The standard InChI is InChI=1S/C21H25N5O4S/c1-14(2)20(21-23-16-7-3-4-8-17(16)24-21)22-18-10-9-15(13-19(18)26(27)28)31(29,30)25-11-5-6-12-25/h3-4,7-10,13-14,20,22H,5-6,11-12H2,1-2H3,(H,23,24)/t20-/m1/s1. The van der Waals surface area contributed by atoms with Gasteiger partial charge in [-0.1, -0.05) is 26.0 Å². The van der Waals surface area contributed by atoms with Crippen LogP contribution in [0.25, 0.3) is 11.0 Å². The number of imidazole rings is 1. The summed E-state index contributed by atoms with van der Waals surface area (Å²) in [5.41, 5.74) is 1.67. The largest absolute Gasteiger partial charge is 0.369 e. The lowest BCUT2D eigenvalue weighted by atomic mass is 10.0. The molecule has 2 aromatic carbocycles. The number of aromatic amines is 1. The van der Waals surface area contributed by atoms with Crippen molar-refractivity contribution in [2.75, 3.05) is 18.4 Å². The molecule has 164 valence electrons. The minimum atomic E-state index is -3.74. The van der Waals surface area contributed by atoms with Crippen LogP contribution in [0, 0.1) is 16.0 Å². The first-order valence-electron chi connectivity index (χ1n) is 10.3. The average Bonchev–Trinajstić information content (AvgIpc) is 3.41. The maximum Gasteiger partial charge on any atom is 0.293 e. The van der Waals surface area contributed by atoms with Crippen LogP contribution in [0.1, 0.15) is 38.6 Å². The topological polar surface area (TPSA) is 121 Å². The number of hydrogen-bond acceptors (Lipinski definition) is 6. The van der Waals surface area contributed by atoms with Crippen LogP contribution in [0.15, 0.2) is 47.4 Å². The third-order valence-electron chi connectivity index (χ3n) is 5.55. The van der Waals surface area contributed by atoms with E-state index in [2.05, 4.69) is 15.3 Å². The molecule has 1 fully saturated rings. The number of H-pyrrole nitrogens is 1. The number of rotatable bonds is 7. The second-order valence-corrected chi connectivity index (χ2v) is 9.99. The Morgan fingerprint density at radius 1 is 1.16 bits per heavy atom. The molecule has 1 aromatic heterocycles. The lowest BCUT2D eigenvalue weighted by Gasteiger charge is -2.22. The molecule has 9 nitrogen and oxygen atoms in total. The summed E-state index contributed by atoms with van der Waals surface area (Å²) >= 11 is 0. The molecule has 10 heteroatoms. The fourth-order valence-electron chi connectivity index (χ4n) is 3.86. The summed E-state index contributed by atoms with van der Waals surface area (Å²) < 4.78 is 27.1. The van der Waals surface area contributed by atoms with Gasteiger partial charge in [-0.25, -0.2) is 13.4 Å². The van der Waals surface area contributed by atoms with E-state index in [9.17, 15) is 18.5 Å². The molecule has 0 aliphatic carbocycles. The van der Waals surface area contributed by atoms with Crippen molar-refractivity contribution in [1.29, 1.82) is 0 Å². The molecule has 0 spiro atoms. The van der Waals surface area contributed by atoms with Crippen LogP contribution >= 0.6 is 0 Å². The van der Waals surface area contributed by atoms with Gasteiger partial charge in [0.05, 0.1) is 26.9 Å². The van der Waals surface area contributed by atoms with Crippen molar-refractivity contribution in [3.63, 3.8) is 0 Å². The fraction of sp³-hybridized carbons (Fsp3) is 0.381. The number of nitrogens with one attached hydrogen (secondary N) is 2. The first-order chi connectivity index (χ1) is 14.8. The van der Waals surface area contributed by atoms with Crippen LogP contribution in [0.3, 0.4) is 0 Å². The van der Waals surface area contributed by atoms with Gasteiger partial charge in [-0.15, -0.1) is 0 Å². The molecule has 0 unspecified atom stereocenters. The molecule has 1 saturated heterocycles. The summed E-state index contributed by atoms with van der Waals surface area (Å²) in [6, 6.07) is 11.3. The van der Waals surface area contributed by atoms with Crippen molar-refractivity contribution < 1.29 is 13.3 Å². The molecule has 1 aliphatic rings. The highest BCUT2D eigenvalue weighted by molar-refractivity contribution is 7.89. The highest BCUT2D eigenvalue weighted by Crippen LogP contribution is 2.34. The van der Waals surface area contributed by atoms with Crippen molar-refractivity contribution in [2.45, 2.75) is 37.6 Å². The average molecular weight is 444 g/mol. The second-order valence-electron chi connectivity index (χ2n) is 8.05. The van der Waals surface area contributed by atoms with E-state index in [1.54, 1.807) is 0 Å². The second kappa shape index (κ2) is 8.27. The van der Waals surface area contributed by atoms with E-state index in [1.165, 1.54) is 16.4 Å². The maximum absolute atomic E-state index is 12.8. The minimum Gasteiger partial charge on any atom is -0.369 e. The van der Waals surface area contributed by atoms with Gasteiger partial charge in [0.1, 0.15) is 11.5 Å². The van der Waals surface area contributed by atoms with Gasteiger partial charge in [0.25, 0.3) is 5.69 Å². The SMILES string of the molecule is CC(C)[C@@H](Nc1ccc(S(=O)(=O)N2CCCC2)cc1[N+](=O)[O-])c1nc2ccccc2[nH]1. The predicted octanol–water partition coefficient (Wildman–Crippen LogP) is 4.06. The summed E-state index contributed by atoms with van der Waals surface area (Å²) in [5, 5.41) is 15.0. The van der Waals surface area contributed by atoms with Gasteiger partial charge in [0, 0.05) is 19.2 Å². The van der Waals surface area contributed by atoms with E-state index in [4.69, 9.17) is 0 Å². The van der Waals surface area contributed by atoms with E-state index in [0.717, 1.165) is 29.9 Å². The lowest BCUT2D eigenvalue weighted by Crippen LogP contribution is -2.28. The fourth-order valence-corrected chi connectivity index (χ4v) is 5.40. The van der Waals surface area contributed by atoms with Crippen LogP contribution in [-0.4, -0.2) is 40.7 Å². The first kappa shape index (κ1) is 21.3. The van der Waals surface area contributed by atoms with Gasteiger partial charge in [-0.05, 0) is 43.0 Å². The normalized spacial score (nSPS) is 16.1. The molecule has 1 atom stereocenters. The van der Waals surface area contributed by atoms with E-state index >= 15 is 0 Å². The van der Waals surface area contributed by atoms with E-state index in [1.807, 2.05) is 38.1 Å². The van der Waals surface area contributed by atoms with Crippen LogP contribution in [0.2, 0.25) is 0 Å². The van der Waals surface area contributed by atoms with Crippen LogP contribution in [0.4, 0.5) is 11.4 Å². The zero-order valence-electron chi connectivity index (χ0n) is 17.4. The smallest absolute Gasteiger partial charge is 0.293 e. The number of nitrogens with zero attached hydrogens (tertiary/aromatic N) is 3. The monoisotopic (exact) mass is 443 g/mol. The number of para-hydroxylation sites is 2. The number of anilines is 1. The Balaban J connectivity index is 1.69. The van der Waals surface area contributed by atoms with E-state index in [0.29, 0.717) is 18.9 Å². The third kappa shape index (κ3) is 4.13. The molecule has 1 aliphatic heterocycles. The van der Waals surface area contributed by atoms with Crippen LogP contribution in [-0.2, 0) is 10.0 Å². The van der Waals surface area contributed by atoms with E-state index < -0.39 is 14.9 Å².